The van der Waals surface area contributed by atoms with Gasteiger partial charge in [0.15, 0.2) is 0 Å². The number of hydrogen-bond donors (Lipinski definition) is 1. The quantitative estimate of drug-likeness (QED) is 0.663. The zero-order valence-electron chi connectivity index (χ0n) is 9.01. The van der Waals surface area contributed by atoms with E-state index in [0.717, 1.165) is 12.0 Å². The Morgan fingerprint density at radius 2 is 2.23 bits per heavy atom. The summed E-state index contributed by atoms with van der Waals surface area (Å²) in [6, 6.07) is 0.823. The van der Waals surface area contributed by atoms with Crippen LogP contribution in [0.15, 0.2) is 0 Å². The van der Waals surface area contributed by atoms with Crippen molar-refractivity contribution in [2.75, 3.05) is 18.6 Å². The summed E-state index contributed by atoms with van der Waals surface area (Å²) in [6.45, 7) is 2.25. The third kappa shape index (κ3) is 4.37. The van der Waals surface area contributed by atoms with E-state index in [1.54, 1.807) is 0 Å². The summed E-state index contributed by atoms with van der Waals surface area (Å²) in [7, 11) is 2.10. The molecule has 0 amide bonds. The predicted octanol–water partition coefficient (Wildman–Crippen LogP) is 2.91. The molecule has 2 atom stereocenters. The van der Waals surface area contributed by atoms with Crippen molar-refractivity contribution in [3.05, 3.63) is 0 Å². The largest absolute Gasteiger partial charge is 0.317 e. The summed E-state index contributed by atoms with van der Waals surface area (Å²) in [5.41, 5.74) is 0. The molecule has 0 saturated heterocycles. The van der Waals surface area contributed by atoms with E-state index in [1.807, 2.05) is 0 Å². The van der Waals surface area contributed by atoms with E-state index in [9.17, 15) is 0 Å². The Bertz CT molecular complexity index is 127. The van der Waals surface area contributed by atoms with Crippen molar-refractivity contribution < 1.29 is 0 Å². The van der Waals surface area contributed by atoms with Crippen molar-refractivity contribution >= 4 is 11.8 Å². The molecule has 2 unspecified atom stereocenters. The molecular formula is C11H23NS. The molecule has 1 fully saturated rings. The highest BCUT2D eigenvalue weighted by Gasteiger charge is 2.22. The lowest BCUT2D eigenvalue weighted by molar-refractivity contribution is 0.476. The highest BCUT2D eigenvalue weighted by atomic mass is 32.2. The van der Waals surface area contributed by atoms with Crippen molar-refractivity contribution in [1.82, 2.24) is 5.32 Å². The van der Waals surface area contributed by atoms with E-state index in [-0.39, 0.29) is 0 Å². The predicted molar refractivity (Wildman–Crippen MR) is 62.4 cm³/mol. The second-order valence-corrected chi connectivity index (χ2v) is 5.40. The van der Waals surface area contributed by atoms with Crippen LogP contribution in [0.1, 0.15) is 39.0 Å². The van der Waals surface area contributed by atoms with Gasteiger partial charge in [-0.15, -0.1) is 0 Å². The second-order valence-electron chi connectivity index (χ2n) is 4.00. The molecule has 2 heteroatoms. The average Bonchev–Trinajstić information content (AvgIpc) is 2.60. The molecule has 1 aliphatic carbocycles. The topological polar surface area (TPSA) is 12.0 Å². The molecule has 1 aliphatic rings. The highest BCUT2D eigenvalue weighted by Crippen LogP contribution is 2.29. The van der Waals surface area contributed by atoms with Gasteiger partial charge in [0.25, 0.3) is 0 Å². The smallest absolute Gasteiger partial charge is 0.00668 e. The zero-order chi connectivity index (χ0) is 9.52. The van der Waals surface area contributed by atoms with Crippen LogP contribution in [0, 0.1) is 5.92 Å². The summed E-state index contributed by atoms with van der Waals surface area (Å²) < 4.78 is 0. The Morgan fingerprint density at radius 3 is 2.85 bits per heavy atom. The molecule has 0 radical (unpaired) electrons. The van der Waals surface area contributed by atoms with E-state index >= 15 is 0 Å². The van der Waals surface area contributed by atoms with Crippen molar-refractivity contribution in [3.63, 3.8) is 0 Å². The first-order valence-corrected chi connectivity index (χ1v) is 6.77. The molecule has 0 aromatic rings. The molecule has 1 N–H and O–H groups in total. The van der Waals surface area contributed by atoms with Gasteiger partial charge in [0.2, 0.25) is 0 Å². The Morgan fingerprint density at radius 1 is 1.38 bits per heavy atom. The molecule has 0 spiro atoms. The lowest BCUT2D eigenvalue weighted by atomic mass is 10.0. The van der Waals surface area contributed by atoms with Gasteiger partial charge in [-0.2, -0.15) is 11.8 Å². The summed E-state index contributed by atoms with van der Waals surface area (Å²) >= 11 is 2.08. The summed E-state index contributed by atoms with van der Waals surface area (Å²) in [5, 5.41) is 3.39. The Kier molecular flexibility index (Phi) is 5.88. The SMILES string of the molecule is CCSCCCC1CCC(NC)C1. The van der Waals surface area contributed by atoms with Gasteiger partial charge in [-0.05, 0) is 56.6 Å². The number of thioether (sulfide) groups is 1. The lowest BCUT2D eigenvalue weighted by Crippen LogP contribution is -2.21. The maximum absolute atomic E-state index is 3.39. The van der Waals surface area contributed by atoms with Gasteiger partial charge in [-0.3, -0.25) is 0 Å². The molecule has 0 heterocycles. The summed E-state index contributed by atoms with van der Waals surface area (Å²) in [5.74, 6) is 3.68. The number of rotatable bonds is 6. The summed E-state index contributed by atoms with van der Waals surface area (Å²) in [6.07, 6.45) is 7.18. The molecule has 13 heavy (non-hydrogen) atoms. The molecule has 0 aromatic carbocycles. The van der Waals surface area contributed by atoms with Gasteiger partial charge in [0, 0.05) is 6.04 Å². The van der Waals surface area contributed by atoms with Gasteiger partial charge < -0.3 is 5.32 Å². The minimum Gasteiger partial charge on any atom is -0.317 e. The molecule has 0 aliphatic heterocycles. The fourth-order valence-corrected chi connectivity index (χ4v) is 2.88. The van der Waals surface area contributed by atoms with E-state index in [1.165, 1.54) is 43.6 Å². The van der Waals surface area contributed by atoms with Crippen LogP contribution in [-0.2, 0) is 0 Å². The van der Waals surface area contributed by atoms with Gasteiger partial charge >= 0.3 is 0 Å². The Labute approximate surface area is 87.1 Å². The minimum atomic E-state index is 0.823. The van der Waals surface area contributed by atoms with E-state index in [0.29, 0.717) is 0 Å². The molecule has 1 nitrogen and oxygen atoms in total. The van der Waals surface area contributed by atoms with Crippen molar-refractivity contribution in [2.45, 2.75) is 45.1 Å². The first-order chi connectivity index (χ1) is 6.36. The monoisotopic (exact) mass is 201 g/mol. The number of hydrogen-bond acceptors (Lipinski definition) is 2. The van der Waals surface area contributed by atoms with Crippen molar-refractivity contribution in [2.24, 2.45) is 5.92 Å². The van der Waals surface area contributed by atoms with Gasteiger partial charge in [0.1, 0.15) is 0 Å². The third-order valence-corrected chi connectivity index (χ3v) is 4.04. The maximum atomic E-state index is 3.39. The normalized spacial score (nSPS) is 28.2. The van der Waals surface area contributed by atoms with Crippen LogP contribution in [-0.4, -0.2) is 24.6 Å². The van der Waals surface area contributed by atoms with Crippen LogP contribution in [0.2, 0.25) is 0 Å². The van der Waals surface area contributed by atoms with Crippen LogP contribution in [0.3, 0.4) is 0 Å². The fraction of sp³-hybridized carbons (Fsp3) is 1.00. The van der Waals surface area contributed by atoms with E-state index in [2.05, 4.69) is 31.1 Å². The highest BCUT2D eigenvalue weighted by molar-refractivity contribution is 7.99. The van der Waals surface area contributed by atoms with Gasteiger partial charge in [-0.1, -0.05) is 6.92 Å². The Balaban J connectivity index is 1.97. The molecule has 0 bridgehead atoms. The first kappa shape index (κ1) is 11.4. The van der Waals surface area contributed by atoms with Crippen LogP contribution >= 0.6 is 11.8 Å². The molecule has 0 aromatic heterocycles. The lowest BCUT2D eigenvalue weighted by Gasteiger charge is -2.09. The van der Waals surface area contributed by atoms with Crippen LogP contribution in [0.4, 0.5) is 0 Å². The molecule has 1 rings (SSSR count). The standard InChI is InChI=1S/C11H23NS/c1-3-13-8-4-5-10-6-7-11(9-10)12-2/h10-12H,3-9H2,1-2H3. The Hall–Kier alpha value is 0.310. The van der Waals surface area contributed by atoms with Gasteiger partial charge in [0.05, 0.1) is 0 Å². The van der Waals surface area contributed by atoms with Crippen LogP contribution < -0.4 is 5.32 Å². The molecule has 78 valence electrons. The molecular weight excluding hydrogens is 178 g/mol. The average molecular weight is 201 g/mol. The van der Waals surface area contributed by atoms with Gasteiger partial charge in [-0.25, -0.2) is 0 Å². The van der Waals surface area contributed by atoms with Crippen molar-refractivity contribution in [3.8, 4) is 0 Å². The van der Waals surface area contributed by atoms with Crippen LogP contribution in [0.5, 0.6) is 0 Å². The molecule has 1 saturated carbocycles. The summed E-state index contributed by atoms with van der Waals surface area (Å²) in [4.78, 5) is 0. The van der Waals surface area contributed by atoms with E-state index < -0.39 is 0 Å². The van der Waals surface area contributed by atoms with E-state index in [4.69, 9.17) is 0 Å². The maximum Gasteiger partial charge on any atom is 0.00668 e. The van der Waals surface area contributed by atoms with Crippen LogP contribution in [0.25, 0.3) is 0 Å². The second kappa shape index (κ2) is 6.72. The fourth-order valence-electron chi connectivity index (χ4n) is 2.22. The number of nitrogens with one attached hydrogen (secondary N) is 1. The van der Waals surface area contributed by atoms with Crippen molar-refractivity contribution in [1.29, 1.82) is 0 Å². The zero-order valence-corrected chi connectivity index (χ0v) is 9.83. The minimum absolute atomic E-state index is 0.823. The first-order valence-electron chi connectivity index (χ1n) is 5.61. The third-order valence-electron chi connectivity index (χ3n) is 3.05.